The van der Waals surface area contributed by atoms with Crippen LogP contribution in [0.4, 0.5) is 0 Å². The smallest absolute Gasteiger partial charge is 0.276 e. The first-order valence-electron chi connectivity index (χ1n) is 41.9. The molecule has 4 unspecified atom stereocenters. The van der Waals surface area contributed by atoms with Gasteiger partial charge in [-0.25, -0.2) is 0 Å². The molecular weight excluding hydrogens is 1420 g/mol. The van der Waals surface area contributed by atoms with Crippen LogP contribution in [0.5, 0.6) is 0 Å². The fourth-order valence-electron chi connectivity index (χ4n) is 29.2. The van der Waals surface area contributed by atoms with Gasteiger partial charge in [-0.3, -0.25) is 0 Å². The van der Waals surface area contributed by atoms with Crippen LogP contribution in [0, 0.1) is 20.8 Å². The molecule has 0 aromatic heterocycles. The highest BCUT2D eigenvalue weighted by Crippen LogP contribution is 2.76. The molecule has 36 rings (SSSR count). The van der Waals surface area contributed by atoms with E-state index in [4.69, 9.17) is 8.85 Å². The molecule has 0 bridgehead atoms. The molecule has 0 amide bonds. The highest BCUT2D eigenvalue weighted by Gasteiger charge is 2.55. The maximum Gasteiger partial charge on any atom is 0.276 e. The SMILES string of the molecule is Cc1ccc(C2=C(O[Si](C)(C)c3ccccc3)C3c4ccc5c6ccc7c8ccc9c%10ccc%11c%12c%13c(c3c3c4c5c4c6c7c5c8c9c(c%10%12)c6c%13c3c4c56)C2%11)cc1.Cc1ccc(C2=C(O[Si](C)(C)c3ccccc3)C3c4ccc5c6ccc7c8ccc9c%10ccc%11c%12c%13c(c3c3c4c5c4c6c7c5c8c9c(c%10%12)c6c%13c3c4c56)C2%11)cc1C. The van der Waals surface area contributed by atoms with Crippen molar-refractivity contribution in [3.63, 3.8) is 0 Å². The van der Waals surface area contributed by atoms with Gasteiger partial charge < -0.3 is 8.85 Å². The molecule has 0 fully saturated rings. The van der Waals surface area contributed by atoms with E-state index in [-0.39, 0.29) is 23.7 Å². The zero-order valence-electron chi connectivity index (χ0n) is 63.7. The maximum absolute atomic E-state index is 8.01. The second-order valence-corrected chi connectivity index (χ2v) is 45.6. The molecule has 2 nitrogen and oxygen atoms in total. The van der Waals surface area contributed by atoms with Gasteiger partial charge in [-0.15, -0.1) is 0 Å². The van der Waals surface area contributed by atoms with Crippen molar-refractivity contribution in [1.82, 2.24) is 0 Å². The van der Waals surface area contributed by atoms with E-state index in [2.05, 4.69) is 247 Å². The van der Waals surface area contributed by atoms with Crippen LogP contribution >= 0.6 is 0 Å². The minimum Gasteiger partial charge on any atom is -0.542 e. The summed E-state index contributed by atoms with van der Waals surface area (Å²) in [5, 5.41) is 75.0. The van der Waals surface area contributed by atoms with Gasteiger partial charge in [0.25, 0.3) is 16.6 Å². The molecule has 0 aliphatic heterocycles. The Hall–Kier alpha value is -13.0. The Balaban J connectivity index is 0.000000107. The standard InChI is InChI=1S/C56H30OSi.C55H28OSi/c1-21-10-11-23(20-22(21)2)33-40-31-18-16-29-27-14-12-25-26-13-15-28-30-17-19-32-42-39(30)46-37(28)35(26)44-34(25)36(27)45-38(29)41(31)48-47(40)50(49(42)55-53(46)51(44)52(45)54(48)55)43(32)56(33)57-58(3,4)24-8-6-5-7-9-24;1-21-9-11-22(12-10-21)32-39-30-19-17-28-26-15-13-24-25-14-16-27-29-18-20-31-41-38(29)45-36(27)34(25)43-33(24)35(26)44-37(28)40(30)47-46(39)49(48(41)54-52(45)50(43)51(44)53(47)54)42(31)55(32)56-57(2,3)23-7-5-4-6-8-23/h5-20,40,43H,1-4H3;4-20,39,42H,1-3H3. The van der Waals surface area contributed by atoms with Crippen molar-refractivity contribution in [1.29, 1.82) is 0 Å². The molecule has 0 saturated heterocycles. The van der Waals surface area contributed by atoms with Crippen molar-refractivity contribution in [3.05, 3.63) is 284 Å². The molecule has 115 heavy (non-hydrogen) atoms. The summed E-state index contributed by atoms with van der Waals surface area (Å²) in [6.45, 7) is 16.4. The minimum absolute atomic E-state index is 0.0325. The van der Waals surface area contributed by atoms with E-state index < -0.39 is 16.6 Å². The van der Waals surface area contributed by atoms with E-state index in [1.165, 1.54) is 277 Å². The number of allylic oxidation sites excluding steroid dienone is 4. The van der Waals surface area contributed by atoms with E-state index >= 15 is 0 Å². The zero-order valence-corrected chi connectivity index (χ0v) is 65.7. The minimum atomic E-state index is -2.48. The molecule has 4 heteroatoms. The van der Waals surface area contributed by atoms with Crippen molar-refractivity contribution in [2.45, 2.75) is 70.6 Å². The molecule has 0 radical (unpaired) electrons. The van der Waals surface area contributed by atoms with Crippen LogP contribution in [0.3, 0.4) is 0 Å². The van der Waals surface area contributed by atoms with E-state index in [1.54, 1.807) is 86.9 Å². The molecule has 0 N–H and O–H groups in total. The molecule has 30 aromatic rings. The number of hydrogen-bond donors (Lipinski definition) is 0. The van der Waals surface area contributed by atoms with Crippen LogP contribution in [0.1, 0.15) is 96.0 Å². The van der Waals surface area contributed by atoms with E-state index in [0.29, 0.717) is 0 Å². The van der Waals surface area contributed by atoms with Crippen LogP contribution in [0.2, 0.25) is 26.2 Å². The summed E-state index contributed by atoms with van der Waals surface area (Å²) in [4.78, 5) is 0. The lowest BCUT2D eigenvalue weighted by atomic mass is 9.72. The van der Waals surface area contributed by atoms with Gasteiger partial charge in [0.1, 0.15) is 0 Å². The molecule has 6 aliphatic rings. The van der Waals surface area contributed by atoms with Crippen molar-refractivity contribution in [2.24, 2.45) is 0 Å². The molecule has 0 heterocycles. The third kappa shape index (κ3) is 5.12. The molecule has 522 valence electrons. The van der Waals surface area contributed by atoms with E-state index in [9.17, 15) is 0 Å². The third-order valence-corrected chi connectivity index (χ3v) is 38.0. The lowest BCUT2D eigenvalue weighted by molar-refractivity contribution is 0.396. The van der Waals surface area contributed by atoms with Crippen LogP contribution in [0.15, 0.2) is 212 Å². The van der Waals surface area contributed by atoms with Gasteiger partial charge in [0, 0.05) is 23.0 Å². The quantitative estimate of drug-likeness (QED) is 0.112. The highest BCUT2D eigenvalue weighted by atomic mass is 28.4. The second-order valence-electron chi connectivity index (χ2n) is 38.0. The normalized spacial score (nSPS) is 18.3. The lowest BCUT2D eigenvalue weighted by Gasteiger charge is -2.38. The van der Waals surface area contributed by atoms with Crippen LogP contribution in [-0.2, 0) is 8.85 Å². The first-order valence-corrected chi connectivity index (χ1v) is 47.8. The Morgan fingerprint density at radius 1 is 0.209 bits per heavy atom. The molecule has 6 aliphatic carbocycles. The van der Waals surface area contributed by atoms with Gasteiger partial charge in [-0.05, 0) is 383 Å². The Bertz CT molecular complexity index is 9930. The molecule has 4 atom stereocenters. The Labute approximate surface area is 655 Å². The number of hydrogen-bond acceptors (Lipinski definition) is 2. The largest absolute Gasteiger partial charge is 0.542 e. The van der Waals surface area contributed by atoms with Crippen molar-refractivity contribution >= 4 is 297 Å². The summed E-state index contributed by atoms with van der Waals surface area (Å²) in [5.41, 5.74) is 21.5. The average molecular weight is 1480 g/mol. The summed E-state index contributed by atoms with van der Waals surface area (Å²) in [7, 11) is -4.95. The summed E-state index contributed by atoms with van der Waals surface area (Å²) in [5.74, 6) is 2.65. The number of fused-ring (bicyclic) bond motifs is 10. The topological polar surface area (TPSA) is 18.5 Å². The molecular formula is C111H58O2Si2. The predicted molar refractivity (Wildman–Crippen MR) is 492 cm³/mol. The predicted octanol–water partition coefficient (Wildman–Crippen LogP) is 28.7. The van der Waals surface area contributed by atoms with Crippen molar-refractivity contribution in [2.75, 3.05) is 0 Å². The Kier molecular flexibility index (Phi) is 8.11. The van der Waals surface area contributed by atoms with Gasteiger partial charge in [0.2, 0.25) is 0 Å². The Morgan fingerprint density at radius 3 is 0.757 bits per heavy atom. The molecule has 30 aromatic carbocycles. The van der Waals surface area contributed by atoms with Gasteiger partial charge >= 0.3 is 0 Å². The first kappa shape index (κ1) is 56.3. The number of aryl methyl sites for hydroxylation is 3. The first-order chi connectivity index (χ1) is 56.4. The second kappa shape index (κ2) is 16.6. The zero-order chi connectivity index (χ0) is 73.7. The summed E-state index contributed by atoms with van der Waals surface area (Å²) >= 11 is 0. The summed E-state index contributed by atoms with van der Waals surface area (Å²) in [6.07, 6.45) is 0. The van der Waals surface area contributed by atoms with Crippen molar-refractivity contribution < 1.29 is 8.85 Å². The van der Waals surface area contributed by atoms with Crippen LogP contribution in [-0.4, -0.2) is 16.6 Å². The van der Waals surface area contributed by atoms with Gasteiger partial charge in [-0.2, -0.15) is 0 Å². The monoisotopic (exact) mass is 1480 g/mol. The molecule has 0 saturated carbocycles. The van der Waals surface area contributed by atoms with Crippen LogP contribution < -0.4 is 10.4 Å². The Morgan fingerprint density at radius 2 is 0.452 bits per heavy atom. The van der Waals surface area contributed by atoms with Gasteiger partial charge in [0.05, 0.1) is 23.4 Å². The lowest BCUT2D eigenvalue weighted by Crippen LogP contribution is -2.45. The molecule has 0 spiro atoms. The van der Waals surface area contributed by atoms with Gasteiger partial charge in [-0.1, -0.05) is 206 Å². The summed E-state index contributed by atoms with van der Waals surface area (Å²) < 4.78 is 16.0. The summed E-state index contributed by atoms with van der Waals surface area (Å²) in [6, 6.07) is 78.8. The average Bonchev–Trinajstić information content (AvgIpc) is 1.44. The number of benzene rings is 22. The van der Waals surface area contributed by atoms with E-state index in [0.717, 1.165) is 0 Å². The van der Waals surface area contributed by atoms with Gasteiger partial charge in [0.15, 0.2) is 0 Å². The fourth-order valence-corrected chi connectivity index (χ4v) is 33.0. The van der Waals surface area contributed by atoms with Crippen LogP contribution in [0.25, 0.3) is 270 Å². The third-order valence-electron chi connectivity index (χ3n) is 33.1. The van der Waals surface area contributed by atoms with Crippen molar-refractivity contribution in [3.8, 4) is 0 Å². The highest BCUT2D eigenvalue weighted by molar-refractivity contribution is 6.85. The number of rotatable bonds is 8. The maximum atomic E-state index is 8.01. The fraction of sp³-hybridized carbons (Fsp3) is 0.0991. The van der Waals surface area contributed by atoms with E-state index in [1.807, 2.05) is 0 Å².